The van der Waals surface area contributed by atoms with Crippen molar-refractivity contribution in [2.45, 2.75) is 6.54 Å². The average molecular weight is 313 g/mol. The number of halogens is 1. The van der Waals surface area contributed by atoms with Crippen LogP contribution in [0.5, 0.6) is 0 Å². The molecule has 22 heavy (non-hydrogen) atoms. The molecule has 0 saturated heterocycles. The fraction of sp³-hybridized carbons (Fsp3) is 0.176. The average Bonchev–Trinajstić information content (AvgIpc) is 2.52. The van der Waals surface area contributed by atoms with Gasteiger partial charge in [0, 0.05) is 31.7 Å². The maximum Gasteiger partial charge on any atom is 0.224 e. The van der Waals surface area contributed by atoms with Crippen LogP contribution in [0.3, 0.4) is 0 Å². The number of hydrogen-bond donors (Lipinski definition) is 1. The number of anilines is 2. The Labute approximate surface area is 134 Å². The van der Waals surface area contributed by atoms with Crippen LogP contribution in [0.25, 0.3) is 10.9 Å². The van der Waals surface area contributed by atoms with Crippen molar-refractivity contribution in [3.05, 3.63) is 59.4 Å². The van der Waals surface area contributed by atoms with Crippen LogP contribution in [0.2, 0.25) is 5.28 Å². The van der Waals surface area contributed by atoms with Crippen LogP contribution in [0.15, 0.2) is 48.5 Å². The van der Waals surface area contributed by atoms with Gasteiger partial charge in [-0.25, -0.2) is 9.97 Å². The first kappa shape index (κ1) is 14.6. The van der Waals surface area contributed by atoms with E-state index in [0.717, 1.165) is 16.7 Å². The summed E-state index contributed by atoms with van der Waals surface area (Å²) >= 11 is 5.99. The molecule has 0 bridgehead atoms. The lowest BCUT2D eigenvalue weighted by Crippen LogP contribution is -2.08. The van der Waals surface area contributed by atoms with Crippen molar-refractivity contribution in [2.75, 3.05) is 24.3 Å². The predicted molar refractivity (Wildman–Crippen MR) is 92.6 cm³/mol. The number of para-hydroxylation sites is 1. The molecule has 1 N–H and O–H groups in total. The van der Waals surface area contributed by atoms with E-state index in [1.165, 1.54) is 11.3 Å². The molecule has 0 aliphatic rings. The Morgan fingerprint density at radius 1 is 1.00 bits per heavy atom. The van der Waals surface area contributed by atoms with E-state index in [9.17, 15) is 0 Å². The summed E-state index contributed by atoms with van der Waals surface area (Å²) in [6.45, 7) is 0.686. The number of benzene rings is 2. The van der Waals surface area contributed by atoms with Gasteiger partial charge in [-0.3, -0.25) is 0 Å². The number of fused-ring (bicyclic) bond motifs is 1. The summed E-state index contributed by atoms with van der Waals surface area (Å²) in [5, 5.41) is 4.57. The Morgan fingerprint density at radius 3 is 2.45 bits per heavy atom. The van der Waals surface area contributed by atoms with Gasteiger partial charge in [0.15, 0.2) is 0 Å². The number of rotatable bonds is 4. The van der Waals surface area contributed by atoms with Crippen molar-refractivity contribution < 1.29 is 0 Å². The molecule has 0 aliphatic heterocycles. The minimum absolute atomic E-state index is 0.254. The summed E-state index contributed by atoms with van der Waals surface area (Å²) in [6, 6.07) is 16.2. The first-order chi connectivity index (χ1) is 10.6. The van der Waals surface area contributed by atoms with E-state index in [-0.39, 0.29) is 5.28 Å². The Morgan fingerprint density at radius 2 is 1.73 bits per heavy atom. The quantitative estimate of drug-likeness (QED) is 0.740. The van der Waals surface area contributed by atoms with Crippen molar-refractivity contribution in [3.8, 4) is 0 Å². The highest BCUT2D eigenvalue weighted by Crippen LogP contribution is 2.22. The van der Waals surface area contributed by atoms with Gasteiger partial charge in [0.05, 0.1) is 5.52 Å². The number of aromatic nitrogens is 2. The summed E-state index contributed by atoms with van der Waals surface area (Å²) < 4.78 is 0. The van der Waals surface area contributed by atoms with E-state index in [4.69, 9.17) is 11.6 Å². The lowest BCUT2D eigenvalue weighted by atomic mass is 10.2. The minimum atomic E-state index is 0.254. The highest BCUT2D eigenvalue weighted by molar-refractivity contribution is 6.28. The van der Waals surface area contributed by atoms with Crippen LogP contribution in [0.1, 0.15) is 5.56 Å². The van der Waals surface area contributed by atoms with Crippen LogP contribution >= 0.6 is 11.6 Å². The maximum atomic E-state index is 5.99. The van der Waals surface area contributed by atoms with Gasteiger partial charge in [0.2, 0.25) is 5.28 Å². The van der Waals surface area contributed by atoms with Gasteiger partial charge < -0.3 is 10.2 Å². The summed E-state index contributed by atoms with van der Waals surface area (Å²) in [5.41, 5.74) is 3.21. The van der Waals surface area contributed by atoms with Crippen LogP contribution in [-0.4, -0.2) is 24.1 Å². The molecule has 1 aromatic heterocycles. The molecule has 0 saturated carbocycles. The van der Waals surface area contributed by atoms with Crippen molar-refractivity contribution in [3.63, 3.8) is 0 Å². The maximum absolute atomic E-state index is 5.99. The topological polar surface area (TPSA) is 41.0 Å². The first-order valence-corrected chi connectivity index (χ1v) is 7.44. The van der Waals surface area contributed by atoms with Crippen LogP contribution in [0.4, 0.5) is 11.5 Å². The molecule has 0 spiro atoms. The molecular formula is C17H17ClN4. The molecule has 0 atom stereocenters. The van der Waals surface area contributed by atoms with E-state index in [0.29, 0.717) is 6.54 Å². The van der Waals surface area contributed by atoms with E-state index < -0.39 is 0 Å². The standard InChI is InChI=1S/C17H17ClN4/c1-22(2)13-9-7-12(8-10-13)11-19-16-14-5-3-4-6-15(14)20-17(18)21-16/h3-10H,11H2,1-2H3,(H,19,20,21). The van der Waals surface area contributed by atoms with Gasteiger partial charge in [-0.15, -0.1) is 0 Å². The molecule has 2 aromatic carbocycles. The third-order valence-corrected chi connectivity index (χ3v) is 3.66. The largest absolute Gasteiger partial charge is 0.378 e. The second-order valence-corrected chi connectivity index (χ2v) is 5.61. The van der Waals surface area contributed by atoms with Crippen LogP contribution < -0.4 is 10.2 Å². The van der Waals surface area contributed by atoms with Gasteiger partial charge in [-0.1, -0.05) is 24.3 Å². The number of nitrogens with zero attached hydrogens (tertiary/aromatic N) is 3. The van der Waals surface area contributed by atoms with E-state index in [1.54, 1.807) is 0 Å². The SMILES string of the molecule is CN(C)c1ccc(CNc2nc(Cl)nc3ccccc23)cc1. The Bertz CT molecular complexity index is 784. The molecule has 3 aromatic rings. The van der Waals surface area contributed by atoms with Crippen molar-refractivity contribution in [2.24, 2.45) is 0 Å². The zero-order valence-corrected chi connectivity index (χ0v) is 13.3. The molecule has 1 heterocycles. The highest BCUT2D eigenvalue weighted by atomic mass is 35.5. The van der Waals surface area contributed by atoms with E-state index in [1.807, 2.05) is 38.4 Å². The second kappa shape index (κ2) is 6.20. The molecule has 5 heteroatoms. The second-order valence-electron chi connectivity index (χ2n) is 5.27. The fourth-order valence-corrected chi connectivity index (χ4v) is 2.46. The Kier molecular flexibility index (Phi) is 4.11. The van der Waals surface area contributed by atoms with Crippen molar-refractivity contribution >= 4 is 34.0 Å². The van der Waals surface area contributed by atoms with Gasteiger partial charge in [-0.2, -0.15) is 0 Å². The number of hydrogen-bond acceptors (Lipinski definition) is 4. The molecule has 3 rings (SSSR count). The molecule has 0 aliphatic carbocycles. The third-order valence-electron chi connectivity index (χ3n) is 3.49. The summed E-state index contributed by atoms with van der Waals surface area (Å²) in [5.74, 6) is 0.757. The Hall–Kier alpha value is -2.33. The lowest BCUT2D eigenvalue weighted by Gasteiger charge is -2.13. The lowest BCUT2D eigenvalue weighted by molar-refractivity contribution is 1.09. The smallest absolute Gasteiger partial charge is 0.224 e. The zero-order chi connectivity index (χ0) is 15.5. The minimum Gasteiger partial charge on any atom is -0.378 e. The van der Waals surface area contributed by atoms with E-state index >= 15 is 0 Å². The first-order valence-electron chi connectivity index (χ1n) is 7.06. The number of nitrogens with one attached hydrogen (secondary N) is 1. The summed E-state index contributed by atoms with van der Waals surface area (Å²) in [7, 11) is 4.06. The molecule has 0 unspecified atom stereocenters. The molecule has 0 fully saturated rings. The van der Waals surface area contributed by atoms with Gasteiger partial charge in [0.1, 0.15) is 5.82 Å². The molecule has 0 radical (unpaired) electrons. The van der Waals surface area contributed by atoms with Gasteiger partial charge in [-0.05, 0) is 41.4 Å². The summed E-state index contributed by atoms with van der Waals surface area (Å²) in [6.07, 6.45) is 0. The van der Waals surface area contributed by atoms with E-state index in [2.05, 4.69) is 44.5 Å². The van der Waals surface area contributed by atoms with Crippen LogP contribution in [-0.2, 0) is 6.54 Å². The molecule has 0 amide bonds. The zero-order valence-electron chi connectivity index (χ0n) is 12.5. The van der Waals surface area contributed by atoms with Crippen molar-refractivity contribution in [1.29, 1.82) is 0 Å². The van der Waals surface area contributed by atoms with Gasteiger partial charge in [0.25, 0.3) is 0 Å². The molecule has 112 valence electrons. The fourth-order valence-electron chi connectivity index (χ4n) is 2.28. The normalized spacial score (nSPS) is 10.7. The molecular weight excluding hydrogens is 296 g/mol. The van der Waals surface area contributed by atoms with Gasteiger partial charge >= 0.3 is 0 Å². The van der Waals surface area contributed by atoms with Crippen LogP contribution in [0, 0.1) is 0 Å². The Balaban J connectivity index is 1.81. The molecule has 4 nitrogen and oxygen atoms in total. The predicted octanol–water partition coefficient (Wildman–Crippen LogP) is 3.96. The highest BCUT2D eigenvalue weighted by Gasteiger charge is 2.06. The summed E-state index contributed by atoms with van der Waals surface area (Å²) in [4.78, 5) is 10.6. The van der Waals surface area contributed by atoms with Crippen molar-refractivity contribution in [1.82, 2.24) is 9.97 Å². The third kappa shape index (κ3) is 3.12. The monoisotopic (exact) mass is 312 g/mol.